The number of carbonyl (C=O) groups is 1. The van der Waals surface area contributed by atoms with E-state index in [2.05, 4.69) is 31.0 Å². The maximum atomic E-state index is 10.8. The maximum absolute atomic E-state index is 10.8. The smallest absolute Gasteiger partial charge is 0.219 e. The van der Waals surface area contributed by atoms with Crippen molar-refractivity contribution in [1.82, 2.24) is 9.80 Å². The summed E-state index contributed by atoms with van der Waals surface area (Å²) < 4.78 is 0. The van der Waals surface area contributed by atoms with Gasteiger partial charge in [-0.3, -0.25) is 4.79 Å². The van der Waals surface area contributed by atoms with Gasteiger partial charge >= 0.3 is 0 Å². The fourth-order valence-electron chi connectivity index (χ4n) is 1.66. The number of piperazine rings is 1. The zero-order chi connectivity index (χ0) is 14.7. The fraction of sp³-hybridized carbons (Fsp3) is 0.562. The first kappa shape index (κ1) is 17.6. The molecule has 0 saturated carbocycles. The number of likely N-dealkylation sites (N-methyl/N-ethyl adjacent to an activating group) is 1. The highest BCUT2D eigenvalue weighted by atomic mass is 16.2. The minimum absolute atomic E-state index is 0.202. The van der Waals surface area contributed by atoms with Gasteiger partial charge in [-0.15, -0.1) is 0 Å². The first-order valence-electron chi connectivity index (χ1n) is 7.05. The van der Waals surface area contributed by atoms with Crippen LogP contribution in [0, 0.1) is 6.92 Å². The van der Waals surface area contributed by atoms with Crippen LogP contribution in [0.25, 0.3) is 0 Å². The minimum Gasteiger partial charge on any atom is -0.340 e. The fourth-order valence-corrected chi connectivity index (χ4v) is 1.66. The summed E-state index contributed by atoms with van der Waals surface area (Å²) in [6, 6.07) is 10.3. The summed E-state index contributed by atoms with van der Waals surface area (Å²) in [7, 11) is 2.08. The molecular weight excluding hydrogens is 236 g/mol. The molecule has 108 valence electrons. The molecule has 0 N–H and O–H groups in total. The molecule has 1 aliphatic heterocycles. The lowest BCUT2D eigenvalue weighted by Gasteiger charge is -2.31. The topological polar surface area (TPSA) is 23.6 Å². The number of amides is 1. The molecule has 0 spiro atoms. The monoisotopic (exact) mass is 264 g/mol. The van der Waals surface area contributed by atoms with Crippen molar-refractivity contribution in [2.75, 3.05) is 33.2 Å². The molecule has 1 aromatic carbocycles. The van der Waals surface area contributed by atoms with E-state index in [-0.39, 0.29) is 5.91 Å². The average molecular weight is 264 g/mol. The van der Waals surface area contributed by atoms with Gasteiger partial charge in [-0.1, -0.05) is 49.7 Å². The number of aryl methyl sites for hydroxylation is 1. The Kier molecular flexibility index (Phi) is 9.81. The Morgan fingerprint density at radius 1 is 1.00 bits per heavy atom. The van der Waals surface area contributed by atoms with E-state index in [1.807, 2.05) is 36.9 Å². The van der Waals surface area contributed by atoms with Crippen molar-refractivity contribution in [2.45, 2.75) is 27.7 Å². The van der Waals surface area contributed by atoms with Gasteiger partial charge in [0.1, 0.15) is 0 Å². The Labute approximate surface area is 118 Å². The number of nitrogens with zero attached hydrogens (tertiary/aromatic N) is 2. The summed E-state index contributed by atoms with van der Waals surface area (Å²) in [4.78, 5) is 14.9. The van der Waals surface area contributed by atoms with Crippen LogP contribution in [0.3, 0.4) is 0 Å². The van der Waals surface area contributed by atoms with Crippen molar-refractivity contribution < 1.29 is 4.79 Å². The van der Waals surface area contributed by atoms with E-state index in [9.17, 15) is 4.79 Å². The van der Waals surface area contributed by atoms with E-state index < -0.39 is 0 Å². The SMILES string of the molecule is CC.CC(=O)N1CCN(C)CC1.Cc1ccccc1. The Bertz CT molecular complexity index is 330. The van der Waals surface area contributed by atoms with Crippen molar-refractivity contribution in [3.8, 4) is 0 Å². The second kappa shape index (κ2) is 10.6. The van der Waals surface area contributed by atoms with Crippen LogP contribution in [0.5, 0.6) is 0 Å². The molecule has 0 atom stereocenters. The molecule has 1 saturated heterocycles. The van der Waals surface area contributed by atoms with E-state index in [0.29, 0.717) is 0 Å². The highest BCUT2D eigenvalue weighted by molar-refractivity contribution is 5.73. The molecule has 0 unspecified atom stereocenters. The summed E-state index contributed by atoms with van der Waals surface area (Å²) in [5.74, 6) is 0.202. The number of rotatable bonds is 0. The molecule has 0 bridgehead atoms. The van der Waals surface area contributed by atoms with Gasteiger partial charge in [0.15, 0.2) is 0 Å². The number of hydrogen-bond acceptors (Lipinski definition) is 2. The molecule has 0 aromatic heterocycles. The van der Waals surface area contributed by atoms with Crippen LogP contribution in [-0.2, 0) is 4.79 Å². The summed E-state index contributed by atoms with van der Waals surface area (Å²) >= 11 is 0. The lowest BCUT2D eigenvalue weighted by Crippen LogP contribution is -2.46. The molecule has 1 heterocycles. The molecule has 1 fully saturated rings. The van der Waals surface area contributed by atoms with E-state index in [1.54, 1.807) is 6.92 Å². The zero-order valence-corrected chi connectivity index (χ0v) is 13.0. The largest absolute Gasteiger partial charge is 0.340 e. The van der Waals surface area contributed by atoms with Crippen LogP contribution >= 0.6 is 0 Å². The summed E-state index contributed by atoms with van der Waals surface area (Å²) in [5, 5.41) is 0. The number of carbonyl (C=O) groups excluding carboxylic acids is 1. The molecule has 1 aromatic rings. The Hall–Kier alpha value is -1.35. The van der Waals surface area contributed by atoms with Crippen molar-refractivity contribution >= 4 is 5.91 Å². The standard InChI is InChI=1S/C7H14N2O.C7H8.C2H6/c1-7(10)9-5-3-8(2)4-6-9;1-7-5-3-2-4-6-7;1-2/h3-6H2,1-2H3;2-6H,1H3;1-2H3. The van der Waals surface area contributed by atoms with E-state index in [1.165, 1.54) is 5.56 Å². The van der Waals surface area contributed by atoms with Crippen LogP contribution < -0.4 is 0 Å². The lowest BCUT2D eigenvalue weighted by atomic mass is 10.2. The third-order valence-electron chi connectivity index (χ3n) is 2.89. The first-order chi connectivity index (χ1) is 9.09. The van der Waals surface area contributed by atoms with Crippen molar-refractivity contribution in [3.63, 3.8) is 0 Å². The summed E-state index contributed by atoms with van der Waals surface area (Å²) in [5.41, 5.74) is 1.32. The molecular formula is C16H28N2O. The number of benzene rings is 1. The zero-order valence-electron chi connectivity index (χ0n) is 13.0. The Morgan fingerprint density at radius 3 is 1.79 bits per heavy atom. The van der Waals surface area contributed by atoms with Crippen LogP contribution in [0.4, 0.5) is 0 Å². The normalized spacial score (nSPS) is 14.7. The van der Waals surface area contributed by atoms with Crippen molar-refractivity contribution in [3.05, 3.63) is 35.9 Å². The third kappa shape index (κ3) is 8.38. The highest BCUT2D eigenvalue weighted by Gasteiger charge is 2.14. The van der Waals surface area contributed by atoms with E-state index in [4.69, 9.17) is 0 Å². The van der Waals surface area contributed by atoms with Gasteiger partial charge in [0, 0.05) is 33.1 Å². The highest BCUT2D eigenvalue weighted by Crippen LogP contribution is 1.98. The van der Waals surface area contributed by atoms with Crippen LogP contribution in [0.15, 0.2) is 30.3 Å². The van der Waals surface area contributed by atoms with Crippen LogP contribution in [0.2, 0.25) is 0 Å². The Morgan fingerprint density at radius 2 is 1.47 bits per heavy atom. The van der Waals surface area contributed by atoms with Gasteiger partial charge in [0.2, 0.25) is 5.91 Å². The van der Waals surface area contributed by atoms with Crippen molar-refractivity contribution in [1.29, 1.82) is 0 Å². The van der Waals surface area contributed by atoms with E-state index in [0.717, 1.165) is 26.2 Å². The summed E-state index contributed by atoms with van der Waals surface area (Å²) in [6.07, 6.45) is 0. The predicted octanol–water partition coefficient (Wildman–Crippen LogP) is 2.80. The molecule has 3 heteroatoms. The molecule has 19 heavy (non-hydrogen) atoms. The third-order valence-corrected chi connectivity index (χ3v) is 2.89. The summed E-state index contributed by atoms with van der Waals surface area (Å²) in [6.45, 7) is 11.5. The molecule has 1 amide bonds. The lowest BCUT2D eigenvalue weighted by molar-refractivity contribution is -0.130. The quantitative estimate of drug-likeness (QED) is 0.719. The predicted molar refractivity (Wildman–Crippen MR) is 82.3 cm³/mol. The van der Waals surface area contributed by atoms with Gasteiger partial charge in [0.25, 0.3) is 0 Å². The average Bonchev–Trinajstić information content (AvgIpc) is 2.43. The first-order valence-corrected chi connectivity index (χ1v) is 7.05. The minimum atomic E-state index is 0.202. The van der Waals surface area contributed by atoms with Crippen LogP contribution in [-0.4, -0.2) is 48.9 Å². The molecule has 1 aliphatic rings. The van der Waals surface area contributed by atoms with Crippen LogP contribution in [0.1, 0.15) is 26.3 Å². The number of hydrogen-bond donors (Lipinski definition) is 0. The van der Waals surface area contributed by atoms with Gasteiger partial charge in [-0.05, 0) is 14.0 Å². The Balaban J connectivity index is 0.000000316. The van der Waals surface area contributed by atoms with Gasteiger partial charge in [0.05, 0.1) is 0 Å². The molecule has 2 rings (SSSR count). The van der Waals surface area contributed by atoms with E-state index >= 15 is 0 Å². The van der Waals surface area contributed by atoms with Gasteiger partial charge < -0.3 is 9.80 Å². The maximum Gasteiger partial charge on any atom is 0.219 e. The molecule has 0 aliphatic carbocycles. The van der Waals surface area contributed by atoms with Gasteiger partial charge in [-0.2, -0.15) is 0 Å². The molecule has 3 nitrogen and oxygen atoms in total. The van der Waals surface area contributed by atoms with Gasteiger partial charge in [-0.25, -0.2) is 0 Å². The van der Waals surface area contributed by atoms with Crippen molar-refractivity contribution in [2.24, 2.45) is 0 Å². The molecule has 0 radical (unpaired) electrons. The second-order valence-electron chi connectivity index (χ2n) is 4.46. The second-order valence-corrected chi connectivity index (χ2v) is 4.46.